The van der Waals surface area contributed by atoms with E-state index in [-0.39, 0.29) is 11.3 Å². The van der Waals surface area contributed by atoms with Crippen molar-refractivity contribution in [1.82, 2.24) is 5.32 Å². The average Bonchev–Trinajstić information content (AvgIpc) is 3.06. The predicted octanol–water partition coefficient (Wildman–Crippen LogP) is 4.01. The van der Waals surface area contributed by atoms with Crippen LogP contribution >= 0.6 is 11.8 Å². The molecule has 0 unspecified atom stereocenters. The van der Waals surface area contributed by atoms with Gasteiger partial charge in [0, 0.05) is 5.54 Å². The molecule has 1 aliphatic carbocycles. The van der Waals surface area contributed by atoms with Crippen molar-refractivity contribution in [3.63, 3.8) is 0 Å². The average molecular weight is 275 g/mol. The summed E-state index contributed by atoms with van der Waals surface area (Å²) in [6.07, 6.45) is 2.57. The Morgan fingerprint density at radius 3 is 2.67 bits per heavy atom. The highest BCUT2D eigenvalue weighted by atomic mass is 32.2. The summed E-state index contributed by atoms with van der Waals surface area (Å²) >= 11 is 0.589. The Labute approximate surface area is 111 Å². The van der Waals surface area contributed by atoms with Crippen molar-refractivity contribution in [2.75, 3.05) is 0 Å². The summed E-state index contributed by atoms with van der Waals surface area (Å²) in [5, 5.41) is 3.47. The summed E-state index contributed by atoms with van der Waals surface area (Å²) < 4.78 is 29.6. The Hall–Kier alpha value is -0.550. The maximum atomic E-state index is 12.0. The van der Waals surface area contributed by atoms with Crippen molar-refractivity contribution in [3.05, 3.63) is 23.7 Å². The van der Waals surface area contributed by atoms with Crippen molar-refractivity contribution in [2.45, 2.75) is 50.3 Å². The molecule has 0 radical (unpaired) electrons. The van der Waals surface area contributed by atoms with Crippen LogP contribution in [0.15, 0.2) is 16.5 Å². The van der Waals surface area contributed by atoms with Crippen LogP contribution in [0.4, 0.5) is 8.78 Å². The molecule has 1 aromatic heterocycles. The Morgan fingerprint density at radius 1 is 1.39 bits per heavy atom. The van der Waals surface area contributed by atoms with Gasteiger partial charge in [-0.1, -0.05) is 11.8 Å². The second-order valence-electron chi connectivity index (χ2n) is 5.29. The molecule has 102 valence electrons. The van der Waals surface area contributed by atoms with Gasteiger partial charge in [-0.05, 0) is 44.7 Å². The van der Waals surface area contributed by atoms with E-state index in [9.17, 15) is 8.78 Å². The molecule has 18 heavy (non-hydrogen) atoms. The van der Waals surface area contributed by atoms with Gasteiger partial charge in [-0.15, -0.1) is 0 Å². The molecule has 1 fully saturated rings. The van der Waals surface area contributed by atoms with Crippen LogP contribution in [0.25, 0.3) is 0 Å². The molecular weight excluding hydrogens is 256 g/mol. The SMILES string of the molecule is CC(C)(NCc1ccc(CSC(F)F)o1)C1CC1. The molecule has 5 heteroatoms. The number of nitrogens with one attached hydrogen (secondary N) is 1. The lowest BCUT2D eigenvalue weighted by Gasteiger charge is -2.25. The van der Waals surface area contributed by atoms with Gasteiger partial charge < -0.3 is 9.73 Å². The predicted molar refractivity (Wildman–Crippen MR) is 69.6 cm³/mol. The van der Waals surface area contributed by atoms with Gasteiger partial charge in [0.25, 0.3) is 5.76 Å². The van der Waals surface area contributed by atoms with Gasteiger partial charge in [0.15, 0.2) is 0 Å². The number of rotatable bonds is 7. The summed E-state index contributed by atoms with van der Waals surface area (Å²) in [7, 11) is 0. The van der Waals surface area contributed by atoms with E-state index >= 15 is 0 Å². The number of furan rings is 1. The van der Waals surface area contributed by atoms with Crippen molar-refractivity contribution in [2.24, 2.45) is 5.92 Å². The number of halogens is 2. The standard InChI is InChI=1S/C13H19F2NOS/c1-13(2,9-3-4-9)16-7-10-5-6-11(17-10)8-18-12(14)15/h5-6,9,12,16H,3-4,7-8H2,1-2H3. The first-order valence-electron chi connectivity index (χ1n) is 6.20. The third-order valence-corrected chi connectivity index (χ3v) is 4.09. The minimum Gasteiger partial charge on any atom is -0.464 e. The van der Waals surface area contributed by atoms with E-state index in [4.69, 9.17) is 4.42 Å². The molecule has 1 N–H and O–H groups in total. The fourth-order valence-corrected chi connectivity index (χ4v) is 2.45. The molecule has 1 heterocycles. The van der Waals surface area contributed by atoms with Crippen molar-refractivity contribution in [3.8, 4) is 0 Å². The largest absolute Gasteiger partial charge is 0.464 e. The first-order chi connectivity index (χ1) is 8.47. The Kier molecular flexibility index (Phi) is 4.33. The number of thioether (sulfide) groups is 1. The first kappa shape index (κ1) is 13.9. The normalized spacial score (nSPS) is 16.5. The van der Waals surface area contributed by atoms with Crippen LogP contribution in [0.3, 0.4) is 0 Å². The van der Waals surface area contributed by atoms with Crippen LogP contribution in [0.1, 0.15) is 38.2 Å². The molecule has 0 aromatic carbocycles. The van der Waals surface area contributed by atoms with E-state index in [1.54, 1.807) is 6.07 Å². The third-order valence-electron chi connectivity index (χ3n) is 3.39. The Morgan fingerprint density at radius 2 is 2.06 bits per heavy atom. The molecule has 2 nitrogen and oxygen atoms in total. The Bertz CT molecular complexity index is 388. The lowest BCUT2D eigenvalue weighted by Crippen LogP contribution is -2.40. The fourth-order valence-electron chi connectivity index (χ4n) is 2.00. The van der Waals surface area contributed by atoms with Crippen LogP contribution in [0.2, 0.25) is 0 Å². The van der Waals surface area contributed by atoms with Crippen LogP contribution in [0.5, 0.6) is 0 Å². The fraction of sp³-hybridized carbons (Fsp3) is 0.692. The minimum absolute atomic E-state index is 0.130. The van der Waals surface area contributed by atoms with Crippen molar-refractivity contribution in [1.29, 1.82) is 0 Å². The van der Waals surface area contributed by atoms with E-state index in [0.717, 1.165) is 11.7 Å². The first-order valence-corrected chi connectivity index (χ1v) is 7.24. The monoisotopic (exact) mass is 275 g/mol. The zero-order valence-corrected chi connectivity index (χ0v) is 11.5. The highest BCUT2D eigenvalue weighted by molar-refractivity contribution is 7.98. The molecule has 1 aromatic rings. The van der Waals surface area contributed by atoms with Crippen LogP contribution in [0, 0.1) is 5.92 Å². The van der Waals surface area contributed by atoms with E-state index in [1.165, 1.54) is 12.8 Å². The summed E-state index contributed by atoms with van der Waals surface area (Å²) in [5.74, 6) is 0.0608. The maximum Gasteiger partial charge on any atom is 0.284 e. The van der Waals surface area contributed by atoms with Crippen LogP contribution in [-0.4, -0.2) is 11.3 Å². The van der Waals surface area contributed by atoms with Gasteiger partial charge in [-0.25, -0.2) is 0 Å². The zero-order valence-electron chi connectivity index (χ0n) is 10.7. The molecule has 1 aliphatic rings. The smallest absolute Gasteiger partial charge is 0.284 e. The van der Waals surface area contributed by atoms with Gasteiger partial charge >= 0.3 is 0 Å². The van der Waals surface area contributed by atoms with Crippen LogP contribution < -0.4 is 5.32 Å². The highest BCUT2D eigenvalue weighted by Gasteiger charge is 2.37. The van der Waals surface area contributed by atoms with E-state index in [2.05, 4.69) is 19.2 Å². The maximum absolute atomic E-state index is 12.0. The van der Waals surface area contributed by atoms with E-state index < -0.39 is 5.76 Å². The molecular formula is C13H19F2NOS. The number of hydrogen-bond acceptors (Lipinski definition) is 3. The summed E-state index contributed by atoms with van der Waals surface area (Å²) in [6, 6.07) is 3.63. The molecule has 0 aliphatic heterocycles. The lowest BCUT2D eigenvalue weighted by molar-refractivity contribution is 0.251. The highest BCUT2D eigenvalue weighted by Crippen LogP contribution is 2.39. The summed E-state index contributed by atoms with van der Waals surface area (Å²) in [5.41, 5.74) is 0.130. The van der Waals surface area contributed by atoms with Crippen molar-refractivity contribution < 1.29 is 13.2 Å². The van der Waals surface area contributed by atoms with Gasteiger partial charge in [-0.2, -0.15) is 8.78 Å². The minimum atomic E-state index is -2.34. The van der Waals surface area contributed by atoms with Gasteiger partial charge in [0.2, 0.25) is 0 Å². The summed E-state index contributed by atoms with van der Waals surface area (Å²) in [6.45, 7) is 5.05. The molecule has 1 saturated carbocycles. The lowest BCUT2D eigenvalue weighted by atomic mass is 9.99. The van der Waals surface area contributed by atoms with Gasteiger partial charge in [-0.3, -0.25) is 0 Å². The molecule has 0 bridgehead atoms. The second-order valence-corrected chi connectivity index (χ2v) is 6.27. The van der Waals surface area contributed by atoms with Gasteiger partial charge in [0.05, 0.1) is 12.3 Å². The third kappa shape index (κ3) is 3.99. The molecule has 0 saturated heterocycles. The topological polar surface area (TPSA) is 25.2 Å². The molecule has 0 amide bonds. The van der Waals surface area contributed by atoms with Crippen LogP contribution in [-0.2, 0) is 12.3 Å². The molecule has 0 atom stereocenters. The summed E-state index contributed by atoms with van der Waals surface area (Å²) in [4.78, 5) is 0. The second kappa shape index (κ2) is 5.61. The van der Waals surface area contributed by atoms with E-state index in [1.807, 2.05) is 6.07 Å². The van der Waals surface area contributed by atoms with E-state index in [0.29, 0.717) is 24.1 Å². The number of hydrogen-bond donors (Lipinski definition) is 1. The van der Waals surface area contributed by atoms with Crippen molar-refractivity contribution >= 4 is 11.8 Å². The quantitative estimate of drug-likeness (QED) is 0.814. The molecule has 2 rings (SSSR count). The molecule has 0 spiro atoms. The zero-order chi connectivity index (χ0) is 13.2. The number of alkyl halides is 2. The van der Waals surface area contributed by atoms with Gasteiger partial charge in [0.1, 0.15) is 11.5 Å². The Balaban J connectivity index is 1.79.